The van der Waals surface area contributed by atoms with Crippen molar-refractivity contribution in [3.8, 4) is 17.0 Å². The first-order chi connectivity index (χ1) is 13.0. The normalized spacial score (nSPS) is 10.3. The number of rotatable bonds is 6. The number of methoxy groups -OCH3 is 1. The van der Waals surface area contributed by atoms with Gasteiger partial charge in [-0.25, -0.2) is 4.98 Å². The number of carbonyl (C=O) groups is 2. The summed E-state index contributed by atoms with van der Waals surface area (Å²) < 4.78 is 5.94. The van der Waals surface area contributed by atoms with Crippen LogP contribution in [0.3, 0.4) is 0 Å². The average molecular weight is 446 g/mol. The third kappa shape index (κ3) is 5.15. The van der Waals surface area contributed by atoms with Crippen LogP contribution in [-0.2, 0) is 4.79 Å². The van der Waals surface area contributed by atoms with Crippen molar-refractivity contribution in [3.63, 3.8) is 0 Å². The second-order valence-electron chi connectivity index (χ2n) is 5.51. The molecule has 3 aromatic rings. The van der Waals surface area contributed by atoms with E-state index < -0.39 is 0 Å². The second kappa shape index (κ2) is 8.79. The van der Waals surface area contributed by atoms with E-state index in [-0.39, 0.29) is 18.4 Å². The van der Waals surface area contributed by atoms with Crippen LogP contribution in [0.4, 0.5) is 5.13 Å². The molecule has 1 heterocycles. The Morgan fingerprint density at radius 1 is 1.19 bits per heavy atom. The number of aromatic nitrogens is 1. The number of carbonyl (C=O) groups excluding carboxylic acids is 2. The first-order valence-corrected chi connectivity index (χ1v) is 9.66. The molecular formula is C19H16BrN3O3S. The predicted molar refractivity (Wildman–Crippen MR) is 109 cm³/mol. The van der Waals surface area contributed by atoms with E-state index in [1.807, 2.05) is 35.7 Å². The fourth-order valence-electron chi connectivity index (χ4n) is 2.28. The molecule has 138 valence electrons. The van der Waals surface area contributed by atoms with Gasteiger partial charge in [-0.2, -0.15) is 0 Å². The Kier molecular flexibility index (Phi) is 6.20. The van der Waals surface area contributed by atoms with Gasteiger partial charge in [0.25, 0.3) is 5.91 Å². The van der Waals surface area contributed by atoms with Gasteiger partial charge in [0.1, 0.15) is 5.75 Å². The number of thiazole rings is 1. The largest absolute Gasteiger partial charge is 0.497 e. The molecule has 3 rings (SSSR count). The van der Waals surface area contributed by atoms with Crippen molar-refractivity contribution in [2.45, 2.75) is 0 Å². The molecular weight excluding hydrogens is 430 g/mol. The van der Waals surface area contributed by atoms with E-state index >= 15 is 0 Å². The van der Waals surface area contributed by atoms with Crippen LogP contribution in [0.15, 0.2) is 58.4 Å². The van der Waals surface area contributed by atoms with Crippen LogP contribution in [0.1, 0.15) is 10.4 Å². The van der Waals surface area contributed by atoms with Crippen LogP contribution < -0.4 is 15.4 Å². The van der Waals surface area contributed by atoms with Gasteiger partial charge in [-0.3, -0.25) is 9.59 Å². The fraction of sp³-hybridized carbons (Fsp3) is 0.105. The molecule has 2 N–H and O–H groups in total. The monoisotopic (exact) mass is 445 g/mol. The molecule has 6 nitrogen and oxygen atoms in total. The minimum atomic E-state index is -0.339. The van der Waals surface area contributed by atoms with Crippen molar-refractivity contribution in [3.05, 3.63) is 63.9 Å². The van der Waals surface area contributed by atoms with Gasteiger partial charge >= 0.3 is 0 Å². The lowest BCUT2D eigenvalue weighted by molar-refractivity contribution is -0.115. The zero-order valence-corrected chi connectivity index (χ0v) is 16.8. The third-order valence-corrected chi connectivity index (χ3v) is 4.88. The molecule has 0 bridgehead atoms. The van der Waals surface area contributed by atoms with Crippen molar-refractivity contribution < 1.29 is 14.3 Å². The Hall–Kier alpha value is -2.71. The summed E-state index contributed by atoms with van der Waals surface area (Å²) in [7, 11) is 1.61. The Balaban J connectivity index is 1.55. The van der Waals surface area contributed by atoms with E-state index in [9.17, 15) is 9.59 Å². The van der Waals surface area contributed by atoms with Gasteiger partial charge in [-0.15, -0.1) is 11.3 Å². The summed E-state index contributed by atoms with van der Waals surface area (Å²) in [5.41, 5.74) is 2.17. The highest BCUT2D eigenvalue weighted by atomic mass is 79.9. The minimum Gasteiger partial charge on any atom is -0.497 e. The lowest BCUT2D eigenvalue weighted by Gasteiger charge is -2.05. The highest BCUT2D eigenvalue weighted by molar-refractivity contribution is 9.10. The van der Waals surface area contributed by atoms with E-state index in [1.165, 1.54) is 11.3 Å². The Bertz CT molecular complexity index is 957. The maximum atomic E-state index is 12.1. The Labute approximate surface area is 168 Å². The van der Waals surface area contributed by atoms with Crippen LogP contribution in [-0.4, -0.2) is 30.5 Å². The van der Waals surface area contributed by atoms with Gasteiger partial charge in [0.2, 0.25) is 5.91 Å². The van der Waals surface area contributed by atoms with Crippen LogP contribution in [0.2, 0.25) is 0 Å². The molecule has 8 heteroatoms. The van der Waals surface area contributed by atoms with Gasteiger partial charge in [-0.05, 0) is 42.5 Å². The fourth-order valence-corrected chi connectivity index (χ4v) is 3.42. The van der Waals surface area contributed by atoms with Gasteiger partial charge in [0, 0.05) is 21.0 Å². The molecule has 2 amide bonds. The summed E-state index contributed by atoms with van der Waals surface area (Å²) in [6, 6.07) is 14.5. The van der Waals surface area contributed by atoms with Crippen LogP contribution >= 0.6 is 27.3 Å². The molecule has 0 radical (unpaired) electrons. The SMILES string of the molecule is COc1ccc(-c2csc(NC(=O)CNC(=O)c3cccc(Br)c3)n2)cc1. The van der Waals surface area contributed by atoms with Crippen LogP contribution in [0.25, 0.3) is 11.3 Å². The molecule has 0 saturated heterocycles. The third-order valence-electron chi connectivity index (χ3n) is 3.63. The standard InChI is InChI=1S/C19H16BrN3O3S/c1-26-15-7-5-12(6-8-15)16-11-27-19(22-16)23-17(24)10-21-18(25)13-3-2-4-14(20)9-13/h2-9,11H,10H2,1H3,(H,21,25)(H,22,23,24). The number of benzene rings is 2. The van der Waals surface area contributed by atoms with Crippen molar-refractivity contribution in [1.82, 2.24) is 10.3 Å². The Morgan fingerprint density at radius 2 is 1.96 bits per heavy atom. The zero-order chi connectivity index (χ0) is 19.2. The lowest BCUT2D eigenvalue weighted by Crippen LogP contribution is -2.32. The topological polar surface area (TPSA) is 80.3 Å². The summed E-state index contributed by atoms with van der Waals surface area (Å²) in [4.78, 5) is 28.5. The molecule has 0 fully saturated rings. The number of hydrogen-bond acceptors (Lipinski definition) is 5. The van der Waals surface area contributed by atoms with Gasteiger partial charge in [0.05, 0.1) is 19.3 Å². The van der Waals surface area contributed by atoms with E-state index in [4.69, 9.17) is 4.74 Å². The molecule has 27 heavy (non-hydrogen) atoms. The minimum absolute atomic E-state index is 0.136. The van der Waals surface area contributed by atoms with Crippen LogP contribution in [0.5, 0.6) is 5.75 Å². The molecule has 2 aromatic carbocycles. The van der Waals surface area contributed by atoms with Crippen molar-refractivity contribution >= 4 is 44.2 Å². The quantitative estimate of drug-likeness (QED) is 0.601. The van der Waals surface area contributed by atoms with Crippen molar-refractivity contribution in [1.29, 1.82) is 0 Å². The number of hydrogen-bond donors (Lipinski definition) is 2. The summed E-state index contributed by atoms with van der Waals surface area (Å²) in [5.74, 6) is 0.113. The number of amides is 2. The van der Waals surface area contributed by atoms with E-state index in [2.05, 4.69) is 31.5 Å². The molecule has 0 aliphatic rings. The van der Waals surface area contributed by atoms with E-state index in [0.717, 1.165) is 21.5 Å². The Morgan fingerprint density at radius 3 is 2.67 bits per heavy atom. The predicted octanol–water partition coefficient (Wildman–Crippen LogP) is 3.95. The summed E-state index contributed by atoms with van der Waals surface area (Å²) in [6.07, 6.45) is 0. The first-order valence-electron chi connectivity index (χ1n) is 7.99. The molecule has 0 saturated carbocycles. The van der Waals surface area contributed by atoms with Gasteiger partial charge in [-0.1, -0.05) is 22.0 Å². The molecule has 0 spiro atoms. The zero-order valence-electron chi connectivity index (χ0n) is 14.4. The molecule has 0 unspecified atom stereocenters. The van der Waals surface area contributed by atoms with Crippen molar-refractivity contribution in [2.24, 2.45) is 0 Å². The second-order valence-corrected chi connectivity index (χ2v) is 7.28. The number of anilines is 1. The molecule has 0 aliphatic carbocycles. The smallest absolute Gasteiger partial charge is 0.251 e. The summed E-state index contributed by atoms with van der Waals surface area (Å²) in [5, 5.41) is 7.61. The maximum absolute atomic E-state index is 12.1. The summed E-state index contributed by atoms with van der Waals surface area (Å²) >= 11 is 4.63. The van der Waals surface area contributed by atoms with E-state index in [1.54, 1.807) is 25.3 Å². The highest BCUT2D eigenvalue weighted by Gasteiger charge is 2.11. The molecule has 0 aliphatic heterocycles. The van der Waals surface area contributed by atoms with Gasteiger partial charge in [0.15, 0.2) is 5.13 Å². The van der Waals surface area contributed by atoms with Crippen LogP contribution in [0, 0.1) is 0 Å². The lowest BCUT2D eigenvalue weighted by atomic mass is 10.2. The number of nitrogens with zero attached hydrogens (tertiary/aromatic N) is 1. The molecule has 0 atom stereocenters. The first kappa shape index (κ1) is 19.1. The number of halogens is 1. The summed E-state index contributed by atoms with van der Waals surface area (Å²) in [6.45, 7) is -0.136. The van der Waals surface area contributed by atoms with Gasteiger partial charge < -0.3 is 15.4 Å². The average Bonchev–Trinajstić information content (AvgIpc) is 3.14. The van der Waals surface area contributed by atoms with Crippen molar-refractivity contribution in [2.75, 3.05) is 19.0 Å². The van der Waals surface area contributed by atoms with E-state index in [0.29, 0.717) is 10.7 Å². The highest BCUT2D eigenvalue weighted by Crippen LogP contribution is 2.26. The maximum Gasteiger partial charge on any atom is 0.251 e. The number of ether oxygens (including phenoxy) is 1. The molecule has 1 aromatic heterocycles. The number of nitrogens with one attached hydrogen (secondary N) is 2.